The largest absolute Gasteiger partial charge is 0.464 e. The first kappa shape index (κ1) is 20.7. The lowest BCUT2D eigenvalue weighted by Gasteiger charge is -2.34. The maximum atomic E-state index is 13.0. The Morgan fingerprint density at radius 3 is 2.19 bits per heavy atom. The number of hydrogen-bond donors (Lipinski definition) is 0. The Kier molecular flexibility index (Phi) is 7.16. The Morgan fingerprint density at radius 1 is 1.07 bits per heavy atom. The normalized spacial score (nSPS) is 17.2. The molecule has 0 spiro atoms. The maximum Gasteiger partial charge on any atom is 0.348 e. The molecule has 1 saturated heterocycles. The summed E-state index contributed by atoms with van der Waals surface area (Å²) >= 11 is 0. The third-order valence-electron chi connectivity index (χ3n) is 4.52. The van der Waals surface area contributed by atoms with Crippen molar-refractivity contribution in [1.82, 2.24) is 4.90 Å². The lowest BCUT2D eigenvalue weighted by molar-refractivity contribution is -0.173. The molecule has 1 aromatic carbocycles. The zero-order valence-electron chi connectivity index (χ0n) is 16.2. The van der Waals surface area contributed by atoms with E-state index in [2.05, 4.69) is 0 Å². The van der Waals surface area contributed by atoms with Crippen molar-refractivity contribution in [3.05, 3.63) is 47.5 Å². The number of hydrogen-bond acceptors (Lipinski definition) is 5. The van der Waals surface area contributed by atoms with Gasteiger partial charge in [-0.2, -0.15) is 0 Å². The van der Waals surface area contributed by atoms with Crippen molar-refractivity contribution in [2.75, 3.05) is 13.2 Å². The van der Waals surface area contributed by atoms with Crippen molar-refractivity contribution in [3.63, 3.8) is 0 Å². The molecule has 27 heavy (non-hydrogen) atoms. The number of nitrogens with zero attached hydrogens (tertiary/aromatic N) is 1. The van der Waals surface area contributed by atoms with Crippen LogP contribution in [-0.2, 0) is 30.4 Å². The van der Waals surface area contributed by atoms with E-state index in [0.29, 0.717) is 12.0 Å². The average molecular weight is 373 g/mol. The molecule has 1 heterocycles. The molecule has 0 saturated carbocycles. The molecule has 0 unspecified atom stereocenters. The highest BCUT2D eigenvalue weighted by Crippen LogP contribution is 2.39. The number of esters is 2. The molecule has 1 aliphatic rings. The van der Waals surface area contributed by atoms with Crippen LogP contribution >= 0.6 is 0 Å². The molecule has 0 aromatic heterocycles. The summed E-state index contributed by atoms with van der Waals surface area (Å²) in [6.45, 7) is 5.67. The summed E-state index contributed by atoms with van der Waals surface area (Å²) in [6, 6.07) is 9.26. The third kappa shape index (κ3) is 4.04. The van der Waals surface area contributed by atoms with Crippen LogP contribution in [0.25, 0.3) is 0 Å². The van der Waals surface area contributed by atoms with E-state index < -0.39 is 17.5 Å². The molecule has 1 aliphatic heterocycles. The molecule has 0 atom stereocenters. The van der Waals surface area contributed by atoms with Gasteiger partial charge in [0.05, 0.1) is 19.6 Å². The number of unbranched alkanes of at least 4 members (excludes halogenated alkanes) is 1. The number of ether oxygens (including phenoxy) is 2. The Labute approximate surface area is 160 Å². The Morgan fingerprint density at radius 2 is 1.67 bits per heavy atom. The lowest BCUT2D eigenvalue weighted by Crippen LogP contribution is -2.59. The van der Waals surface area contributed by atoms with Crippen LogP contribution in [0.15, 0.2) is 42.0 Å². The summed E-state index contributed by atoms with van der Waals surface area (Å²) in [5, 5.41) is 0. The van der Waals surface area contributed by atoms with E-state index in [4.69, 9.17) is 9.47 Å². The maximum absolute atomic E-state index is 13.0. The van der Waals surface area contributed by atoms with Gasteiger partial charge in [0.15, 0.2) is 0 Å². The number of rotatable bonds is 8. The molecule has 1 fully saturated rings. The quantitative estimate of drug-likeness (QED) is 0.398. The second-order valence-corrected chi connectivity index (χ2v) is 6.31. The van der Waals surface area contributed by atoms with Crippen molar-refractivity contribution in [2.45, 2.75) is 52.1 Å². The van der Waals surface area contributed by atoms with Crippen LogP contribution < -0.4 is 0 Å². The summed E-state index contributed by atoms with van der Waals surface area (Å²) in [4.78, 5) is 40.3. The number of likely N-dealkylation sites (tertiary alicyclic amines) is 1. The van der Waals surface area contributed by atoms with Gasteiger partial charge in [0, 0.05) is 6.54 Å². The number of benzene rings is 1. The van der Waals surface area contributed by atoms with E-state index in [1.807, 2.05) is 37.3 Å². The van der Waals surface area contributed by atoms with Gasteiger partial charge in [-0.1, -0.05) is 49.8 Å². The van der Waals surface area contributed by atoms with Crippen molar-refractivity contribution in [1.29, 1.82) is 0 Å². The van der Waals surface area contributed by atoms with E-state index >= 15 is 0 Å². The van der Waals surface area contributed by atoms with Gasteiger partial charge in [-0.3, -0.25) is 4.79 Å². The average Bonchev–Trinajstić information content (AvgIpc) is 2.94. The van der Waals surface area contributed by atoms with Crippen LogP contribution in [0.2, 0.25) is 0 Å². The molecule has 2 rings (SSSR count). The van der Waals surface area contributed by atoms with E-state index in [-0.39, 0.29) is 32.1 Å². The molecule has 0 N–H and O–H groups in total. The number of allylic oxidation sites excluding steroid dienone is 1. The first-order chi connectivity index (χ1) is 13.0. The molecule has 1 amide bonds. The van der Waals surface area contributed by atoms with Gasteiger partial charge in [-0.25, -0.2) is 9.59 Å². The monoisotopic (exact) mass is 373 g/mol. The second kappa shape index (κ2) is 9.35. The second-order valence-electron chi connectivity index (χ2n) is 6.31. The number of amides is 1. The summed E-state index contributed by atoms with van der Waals surface area (Å²) in [5.41, 5.74) is -0.587. The van der Waals surface area contributed by atoms with Gasteiger partial charge in [0.2, 0.25) is 5.91 Å². The SMILES string of the molecule is CCC/C=C1/CC(=O)N(Cc2ccccc2)C1(C(=O)OCC)C(=O)OCC. The topological polar surface area (TPSA) is 72.9 Å². The van der Waals surface area contributed by atoms with E-state index in [9.17, 15) is 14.4 Å². The van der Waals surface area contributed by atoms with Gasteiger partial charge >= 0.3 is 11.9 Å². The summed E-state index contributed by atoms with van der Waals surface area (Å²) in [5.74, 6) is -1.80. The zero-order chi connectivity index (χ0) is 19.9. The standard InChI is InChI=1S/C21H27NO5/c1-4-7-13-17-14-18(23)22(15-16-11-9-8-10-12-16)21(17,19(24)26-5-2)20(25)27-6-3/h8-13H,4-7,14-15H2,1-3H3/b17-13-. The summed E-state index contributed by atoms with van der Waals surface area (Å²) in [7, 11) is 0. The van der Waals surface area contributed by atoms with Crippen molar-refractivity contribution in [3.8, 4) is 0 Å². The highest BCUT2D eigenvalue weighted by Gasteiger charge is 2.62. The smallest absolute Gasteiger partial charge is 0.348 e. The fourth-order valence-corrected chi connectivity index (χ4v) is 3.29. The molecule has 0 aliphatic carbocycles. The minimum absolute atomic E-state index is 0.00443. The number of carbonyl (C=O) groups is 3. The van der Waals surface area contributed by atoms with Gasteiger partial charge in [-0.05, 0) is 31.4 Å². The molecular formula is C21H27NO5. The van der Waals surface area contributed by atoms with E-state index in [1.54, 1.807) is 19.9 Å². The van der Waals surface area contributed by atoms with Crippen LogP contribution in [0.3, 0.4) is 0 Å². The predicted octanol–water partition coefficient (Wildman–Crippen LogP) is 3.01. The molecule has 0 radical (unpaired) electrons. The summed E-state index contributed by atoms with van der Waals surface area (Å²) < 4.78 is 10.5. The minimum Gasteiger partial charge on any atom is -0.464 e. The lowest BCUT2D eigenvalue weighted by atomic mass is 9.88. The molecular weight excluding hydrogens is 346 g/mol. The molecule has 1 aromatic rings. The van der Waals surface area contributed by atoms with Crippen LogP contribution in [0.4, 0.5) is 0 Å². The molecule has 6 heteroatoms. The van der Waals surface area contributed by atoms with Crippen molar-refractivity contribution in [2.24, 2.45) is 0 Å². The Hall–Kier alpha value is -2.63. The van der Waals surface area contributed by atoms with Crippen LogP contribution in [0, 0.1) is 0 Å². The van der Waals surface area contributed by atoms with E-state index in [0.717, 1.165) is 12.0 Å². The molecule has 146 valence electrons. The van der Waals surface area contributed by atoms with Gasteiger partial charge in [0.25, 0.3) is 5.54 Å². The third-order valence-corrected chi connectivity index (χ3v) is 4.52. The van der Waals surface area contributed by atoms with Crippen LogP contribution in [0.1, 0.15) is 45.6 Å². The van der Waals surface area contributed by atoms with Gasteiger partial charge in [-0.15, -0.1) is 0 Å². The highest BCUT2D eigenvalue weighted by molar-refractivity contribution is 6.14. The minimum atomic E-state index is -1.85. The zero-order valence-corrected chi connectivity index (χ0v) is 16.2. The van der Waals surface area contributed by atoms with Crippen LogP contribution in [0.5, 0.6) is 0 Å². The van der Waals surface area contributed by atoms with Gasteiger partial charge < -0.3 is 14.4 Å². The highest BCUT2D eigenvalue weighted by atomic mass is 16.6. The Bertz CT molecular complexity index is 693. The van der Waals surface area contributed by atoms with Gasteiger partial charge in [0.1, 0.15) is 0 Å². The summed E-state index contributed by atoms with van der Waals surface area (Å²) in [6.07, 6.45) is 3.29. The fourth-order valence-electron chi connectivity index (χ4n) is 3.29. The first-order valence-electron chi connectivity index (χ1n) is 9.40. The fraction of sp³-hybridized carbons (Fsp3) is 0.476. The van der Waals surface area contributed by atoms with Crippen LogP contribution in [-0.4, -0.2) is 41.5 Å². The number of carbonyl (C=O) groups excluding carboxylic acids is 3. The van der Waals surface area contributed by atoms with Crippen molar-refractivity contribution < 1.29 is 23.9 Å². The first-order valence-corrected chi connectivity index (χ1v) is 9.40. The predicted molar refractivity (Wildman–Crippen MR) is 101 cm³/mol. The molecule has 6 nitrogen and oxygen atoms in total. The van der Waals surface area contributed by atoms with E-state index in [1.165, 1.54) is 4.90 Å². The van der Waals surface area contributed by atoms with Crippen molar-refractivity contribution >= 4 is 17.8 Å². The molecule has 0 bridgehead atoms. The Balaban J connectivity index is 2.59.